The van der Waals surface area contributed by atoms with Crippen LogP contribution in [0.1, 0.15) is 33.4 Å². The normalized spacial score (nSPS) is 18.5. The van der Waals surface area contributed by atoms with Crippen LogP contribution in [0.25, 0.3) is 17.2 Å². The third-order valence-corrected chi connectivity index (χ3v) is 7.60. The van der Waals surface area contributed by atoms with E-state index in [9.17, 15) is 0 Å². The molecule has 5 aliphatic heterocycles. The van der Waals surface area contributed by atoms with Crippen LogP contribution in [0.5, 0.6) is 0 Å². The molecule has 0 aliphatic carbocycles. The summed E-state index contributed by atoms with van der Waals surface area (Å²) in [6.07, 6.45) is 22.4. The number of hydrogen-bond donors (Lipinski definition) is 0. The number of hydrogen-bond acceptors (Lipinski definition) is 4. The van der Waals surface area contributed by atoms with E-state index in [2.05, 4.69) is 82.0 Å². The van der Waals surface area contributed by atoms with Crippen LogP contribution >= 0.6 is 0 Å². The van der Waals surface area contributed by atoms with Gasteiger partial charge in [0.25, 0.3) is 0 Å². The van der Waals surface area contributed by atoms with Crippen molar-refractivity contribution in [2.45, 2.75) is 20.8 Å². The maximum atomic E-state index is 5.27. The molecule has 4 nitrogen and oxygen atoms in total. The SMILES string of the molecule is C=Cc1ccc(C2=C3C=C(c4c(C)cc(C)cc4C)C(=N3)C=C3C=CC(=N3)C=C3C=CC(=N3)C=C3C=CC2=N3)cc1. The van der Waals surface area contributed by atoms with E-state index in [4.69, 9.17) is 20.0 Å². The standard InChI is InChI=1S/C37H28N4/c1-5-25-6-8-26(9-7-25)37-33-15-14-30(40-33)19-29-11-10-27(38-29)18-28-12-13-31(39-28)20-34-32(21-35(37)41-34)36-23(3)16-22(2)17-24(36)4/h5-21H,1H2,2-4H3. The van der Waals surface area contributed by atoms with E-state index in [0.29, 0.717) is 0 Å². The van der Waals surface area contributed by atoms with Gasteiger partial charge >= 0.3 is 0 Å². The highest BCUT2D eigenvalue weighted by molar-refractivity contribution is 6.37. The second-order valence-corrected chi connectivity index (χ2v) is 10.7. The van der Waals surface area contributed by atoms with Crippen molar-refractivity contribution in [3.8, 4) is 0 Å². The largest absolute Gasteiger partial charge is 0.249 e. The number of allylic oxidation sites excluding steroid dienone is 12. The van der Waals surface area contributed by atoms with Gasteiger partial charge in [-0.2, -0.15) is 0 Å². The quantitative estimate of drug-likeness (QED) is 0.386. The van der Waals surface area contributed by atoms with Gasteiger partial charge in [0.15, 0.2) is 0 Å². The van der Waals surface area contributed by atoms with E-state index < -0.39 is 0 Å². The molecule has 0 radical (unpaired) electrons. The first-order chi connectivity index (χ1) is 19.9. The Labute approximate surface area is 240 Å². The fraction of sp³-hybridized carbons (Fsp3) is 0.0811. The predicted molar refractivity (Wildman–Crippen MR) is 173 cm³/mol. The van der Waals surface area contributed by atoms with Gasteiger partial charge in [0, 0.05) is 11.1 Å². The second-order valence-electron chi connectivity index (χ2n) is 10.7. The highest BCUT2D eigenvalue weighted by Crippen LogP contribution is 2.37. The van der Waals surface area contributed by atoms with Crippen LogP contribution < -0.4 is 0 Å². The predicted octanol–water partition coefficient (Wildman–Crippen LogP) is 8.20. The number of nitrogens with zero attached hydrogens (tertiary/aromatic N) is 4. The molecule has 5 aliphatic rings. The molecule has 0 spiro atoms. The molecular formula is C37H28N4. The fourth-order valence-corrected chi connectivity index (χ4v) is 5.84. The second kappa shape index (κ2) is 9.76. The lowest BCUT2D eigenvalue weighted by molar-refractivity contribution is 1.30. The fourth-order valence-electron chi connectivity index (χ4n) is 5.84. The summed E-state index contributed by atoms with van der Waals surface area (Å²) in [5.41, 5.74) is 16.1. The van der Waals surface area contributed by atoms with Gasteiger partial charge in [-0.3, -0.25) is 0 Å². The van der Waals surface area contributed by atoms with Gasteiger partial charge in [0.05, 0.1) is 45.6 Å². The van der Waals surface area contributed by atoms with Gasteiger partial charge in [-0.05, 0) is 109 Å². The lowest BCUT2D eigenvalue weighted by Gasteiger charge is -2.13. The number of rotatable bonds is 3. The summed E-state index contributed by atoms with van der Waals surface area (Å²) < 4.78 is 0. The van der Waals surface area contributed by atoms with Crippen molar-refractivity contribution in [2.24, 2.45) is 20.0 Å². The molecule has 0 aromatic heterocycles. The minimum Gasteiger partial charge on any atom is -0.249 e. The molecule has 0 fully saturated rings. The van der Waals surface area contributed by atoms with Crippen LogP contribution in [-0.4, -0.2) is 22.8 Å². The number of fused-ring (bicyclic) bond motifs is 4. The topological polar surface area (TPSA) is 49.4 Å². The zero-order chi connectivity index (χ0) is 28.1. The monoisotopic (exact) mass is 528 g/mol. The van der Waals surface area contributed by atoms with Crippen molar-refractivity contribution in [3.63, 3.8) is 0 Å². The zero-order valence-corrected chi connectivity index (χ0v) is 23.3. The van der Waals surface area contributed by atoms with Crippen molar-refractivity contribution in [2.75, 3.05) is 0 Å². The third-order valence-electron chi connectivity index (χ3n) is 7.60. The van der Waals surface area contributed by atoms with Gasteiger partial charge in [-0.15, -0.1) is 0 Å². The number of benzene rings is 2. The Morgan fingerprint density at radius 3 is 1.88 bits per heavy atom. The first-order valence-electron chi connectivity index (χ1n) is 13.8. The van der Waals surface area contributed by atoms with Gasteiger partial charge in [-0.1, -0.05) is 54.6 Å². The summed E-state index contributed by atoms with van der Waals surface area (Å²) in [6, 6.07) is 12.9. The van der Waals surface area contributed by atoms with Crippen molar-refractivity contribution in [1.29, 1.82) is 0 Å². The Kier molecular flexibility index (Phi) is 5.90. The van der Waals surface area contributed by atoms with Crippen LogP contribution in [-0.2, 0) is 0 Å². The van der Waals surface area contributed by atoms with Crippen LogP contribution in [0.15, 0.2) is 146 Å². The summed E-state index contributed by atoms with van der Waals surface area (Å²) in [6.45, 7) is 10.4. The van der Waals surface area contributed by atoms with E-state index in [1.54, 1.807) is 0 Å². The Morgan fingerprint density at radius 1 is 0.610 bits per heavy atom. The molecule has 0 saturated carbocycles. The molecule has 8 bridgehead atoms. The minimum atomic E-state index is 0.856. The first-order valence-corrected chi connectivity index (χ1v) is 13.8. The Hall–Kier alpha value is -5.22. The van der Waals surface area contributed by atoms with Gasteiger partial charge in [0.1, 0.15) is 0 Å². The maximum Gasteiger partial charge on any atom is 0.0744 e. The molecule has 2 aromatic rings. The maximum absolute atomic E-state index is 5.27. The summed E-state index contributed by atoms with van der Waals surface area (Å²) in [5.74, 6) is 0. The van der Waals surface area contributed by atoms with Gasteiger partial charge < -0.3 is 0 Å². The molecule has 41 heavy (non-hydrogen) atoms. The minimum absolute atomic E-state index is 0.856. The molecule has 0 unspecified atom stereocenters. The van der Waals surface area contributed by atoms with E-state index >= 15 is 0 Å². The van der Waals surface area contributed by atoms with Crippen LogP contribution in [0.4, 0.5) is 0 Å². The van der Waals surface area contributed by atoms with Gasteiger partial charge in [0.2, 0.25) is 0 Å². The molecule has 0 atom stereocenters. The lowest BCUT2D eigenvalue weighted by Crippen LogP contribution is -2.01. The van der Waals surface area contributed by atoms with Crippen molar-refractivity contribution in [1.82, 2.24) is 0 Å². The van der Waals surface area contributed by atoms with Crippen LogP contribution in [0.3, 0.4) is 0 Å². The van der Waals surface area contributed by atoms with Crippen LogP contribution in [0.2, 0.25) is 0 Å². The molecule has 5 heterocycles. The third kappa shape index (κ3) is 4.64. The average Bonchev–Trinajstić information content (AvgIpc) is 3.75. The van der Waals surface area contributed by atoms with E-state index in [-0.39, 0.29) is 0 Å². The molecule has 0 N–H and O–H groups in total. The summed E-state index contributed by atoms with van der Waals surface area (Å²) in [5, 5.41) is 0. The number of aryl methyl sites for hydroxylation is 3. The zero-order valence-electron chi connectivity index (χ0n) is 23.3. The summed E-state index contributed by atoms with van der Waals surface area (Å²) in [7, 11) is 0. The molecular weight excluding hydrogens is 500 g/mol. The molecule has 0 saturated heterocycles. The summed E-state index contributed by atoms with van der Waals surface area (Å²) in [4.78, 5) is 20.0. The molecule has 4 heteroatoms. The smallest absolute Gasteiger partial charge is 0.0744 e. The highest BCUT2D eigenvalue weighted by Gasteiger charge is 2.25. The molecule has 2 aromatic carbocycles. The highest BCUT2D eigenvalue weighted by atomic mass is 14.8. The van der Waals surface area contributed by atoms with Crippen molar-refractivity contribution >= 4 is 40.1 Å². The number of aliphatic imine (C=N–C) groups is 4. The van der Waals surface area contributed by atoms with E-state index in [1.807, 2.05) is 48.6 Å². The molecule has 196 valence electrons. The molecule has 7 rings (SSSR count). The Balaban J connectivity index is 1.51. The first kappa shape index (κ1) is 24.8. The Bertz CT molecular complexity index is 1910. The Morgan fingerprint density at radius 2 is 1.22 bits per heavy atom. The summed E-state index contributed by atoms with van der Waals surface area (Å²) >= 11 is 0. The van der Waals surface area contributed by atoms with Crippen molar-refractivity contribution in [3.05, 3.63) is 160 Å². The van der Waals surface area contributed by atoms with Crippen LogP contribution in [0, 0.1) is 20.8 Å². The van der Waals surface area contributed by atoms with E-state index in [1.165, 1.54) is 22.3 Å². The van der Waals surface area contributed by atoms with Crippen molar-refractivity contribution < 1.29 is 0 Å². The molecule has 0 amide bonds. The lowest BCUT2D eigenvalue weighted by atomic mass is 9.90. The van der Waals surface area contributed by atoms with Gasteiger partial charge in [-0.25, -0.2) is 20.0 Å². The average molecular weight is 529 g/mol. The van der Waals surface area contributed by atoms with E-state index in [0.717, 1.165) is 67.9 Å².